The van der Waals surface area contributed by atoms with Gasteiger partial charge >= 0.3 is 6.18 Å². The van der Waals surface area contributed by atoms with E-state index in [0.717, 1.165) is 47.9 Å². The van der Waals surface area contributed by atoms with Gasteiger partial charge in [-0.3, -0.25) is 4.90 Å². The third-order valence-electron chi connectivity index (χ3n) is 5.75. The molecule has 0 fully saturated rings. The van der Waals surface area contributed by atoms with Gasteiger partial charge in [0.05, 0.1) is 23.4 Å². The second kappa shape index (κ2) is 7.37. The van der Waals surface area contributed by atoms with E-state index >= 15 is 0 Å². The molecule has 150 valence electrons. The second-order valence-electron chi connectivity index (χ2n) is 7.67. The minimum atomic E-state index is -4.20. The maximum Gasteiger partial charge on any atom is 0.395 e. The number of aliphatic hydroxyl groups excluding tert-OH is 1. The zero-order chi connectivity index (χ0) is 19.9. The molecular formula is C21H24F3N3O. The van der Waals surface area contributed by atoms with Crippen molar-refractivity contribution in [3.63, 3.8) is 0 Å². The average Bonchev–Trinajstić information content (AvgIpc) is 2.99. The summed E-state index contributed by atoms with van der Waals surface area (Å²) in [6.45, 7) is 2.28. The van der Waals surface area contributed by atoms with Crippen LogP contribution in [0.25, 0.3) is 5.57 Å². The van der Waals surface area contributed by atoms with Gasteiger partial charge in [0.25, 0.3) is 0 Å². The molecule has 2 unspecified atom stereocenters. The first-order chi connectivity index (χ1) is 13.3. The SMILES string of the molecule is Cn1c(C2=CCC(C(F)(F)F)C=C2)nc2c1CN(CC1=CC=CCC1O)CC2. The molecule has 2 aliphatic carbocycles. The van der Waals surface area contributed by atoms with Crippen LogP contribution in [0.1, 0.15) is 30.1 Å². The smallest absolute Gasteiger partial charge is 0.388 e. The van der Waals surface area contributed by atoms with E-state index in [9.17, 15) is 18.3 Å². The number of nitrogens with zero attached hydrogens (tertiary/aromatic N) is 3. The number of imidazole rings is 1. The van der Waals surface area contributed by atoms with Crippen LogP contribution in [0.4, 0.5) is 13.2 Å². The summed E-state index contributed by atoms with van der Waals surface area (Å²) in [5.74, 6) is -0.686. The van der Waals surface area contributed by atoms with Gasteiger partial charge in [-0.05, 0) is 18.4 Å². The number of aliphatic hydroxyl groups is 1. The molecule has 0 spiro atoms. The highest BCUT2D eigenvalue weighted by atomic mass is 19.4. The van der Waals surface area contributed by atoms with Crippen LogP contribution in [0.3, 0.4) is 0 Å². The Morgan fingerprint density at radius 2 is 2.11 bits per heavy atom. The predicted molar refractivity (Wildman–Crippen MR) is 101 cm³/mol. The molecule has 2 heterocycles. The van der Waals surface area contributed by atoms with Gasteiger partial charge in [0.1, 0.15) is 5.82 Å². The fourth-order valence-electron chi connectivity index (χ4n) is 4.04. The van der Waals surface area contributed by atoms with Gasteiger partial charge in [-0.1, -0.05) is 36.5 Å². The summed E-state index contributed by atoms with van der Waals surface area (Å²) in [5.41, 5.74) is 3.87. The number of fused-ring (bicyclic) bond motifs is 1. The largest absolute Gasteiger partial charge is 0.395 e. The van der Waals surface area contributed by atoms with Gasteiger partial charge in [-0.25, -0.2) is 4.98 Å². The molecule has 1 N–H and O–H groups in total. The highest BCUT2D eigenvalue weighted by Gasteiger charge is 2.38. The molecular weight excluding hydrogens is 367 g/mol. The van der Waals surface area contributed by atoms with Crippen molar-refractivity contribution in [1.29, 1.82) is 0 Å². The van der Waals surface area contributed by atoms with Crippen LogP contribution < -0.4 is 0 Å². The van der Waals surface area contributed by atoms with Crippen molar-refractivity contribution in [3.05, 3.63) is 59.2 Å². The zero-order valence-corrected chi connectivity index (χ0v) is 15.8. The van der Waals surface area contributed by atoms with E-state index in [1.165, 1.54) is 6.08 Å². The molecule has 4 rings (SSSR count). The van der Waals surface area contributed by atoms with Crippen molar-refractivity contribution >= 4 is 5.57 Å². The summed E-state index contributed by atoms with van der Waals surface area (Å²) in [4.78, 5) is 7.00. The molecule has 7 heteroatoms. The van der Waals surface area contributed by atoms with Crippen molar-refractivity contribution in [2.75, 3.05) is 13.1 Å². The number of hydrogen-bond acceptors (Lipinski definition) is 3. The Kier molecular flexibility index (Phi) is 5.05. The molecule has 0 radical (unpaired) electrons. The number of halogens is 3. The Labute approximate surface area is 162 Å². The third kappa shape index (κ3) is 3.73. The van der Waals surface area contributed by atoms with E-state index in [1.54, 1.807) is 12.2 Å². The molecule has 3 aliphatic rings. The van der Waals surface area contributed by atoms with E-state index in [-0.39, 0.29) is 6.42 Å². The molecule has 0 bridgehead atoms. The van der Waals surface area contributed by atoms with Crippen molar-refractivity contribution < 1.29 is 18.3 Å². The van der Waals surface area contributed by atoms with Gasteiger partial charge in [-0.2, -0.15) is 13.2 Å². The molecule has 2 atom stereocenters. The summed E-state index contributed by atoms with van der Waals surface area (Å²) in [7, 11) is 1.92. The molecule has 28 heavy (non-hydrogen) atoms. The van der Waals surface area contributed by atoms with Crippen LogP contribution in [-0.4, -0.2) is 44.9 Å². The first kappa shape index (κ1) is 19.2. The van der Waals surface area contributed by atoms with E-state index in [2.05, 4.69) is 4.90 Å². The monoisotopic (exact) mass is 391 g/mol. The van der Waals surface area contributed by atoms with Gasteiger partial charge < -0.3 is 9.67 Å². The van der Waals surface area contributed by atoms with Gasteiger partial charge in [0.2, 0.25) is 0 Å². The van der Waals surface area contributed by atoms with E-state index in [0.29, 0.717) is 13.0 Å². The van der Waals surface area contributed by atoms with E-state index in [1.807, 2.05) is 29.8 Å². The number of alkyl halides is 3. The zero-order valence-electron chi connectivity index (χ0n) is 15.8. The molecule has 1 aromatic rings. The Balaban J connectivity index is 1.50. The predicted octanol–water partition coefficient (Wildman–Crippen LogP) is 3.55. The summed E-state index contributed by atoms with van der Waals surface area (Å²) in [6, 6.07) is 0. The molecule has 4 nitrogen and oxygen atoms in total. The van der Waals surface area contributed by atoms with Crippen LogP contribution in [0.15, 0.2) is 42.0 Å². The fourth-order valence-corrected chi connectivity index (χ4v) is 4.04. The molecule has 0 aromatic carbocycles. The van der Waals surface area contributed by atoms with Crippen molar-refractivity contribution in [2.45, 2.75) is 38.1 Å². The Hall–Kier alpha value is -2.12. The number of aromatic nitrogens is 2. The summed E-state index contributed by atoms with van der Waals surface area (Å²) >= 11 is 0. The second-order valence-corrected chi connectivity index (χ2v) is 7.67. The molecule has 1 aliphatic heterocycles. The normalized spacial score (nSPS) is 25.5. The van der Waals surface area contributed by atoms with Crippen LogP contribution in [-0.2, 0) is 20.0 Å². The first-order valence-electron chi connectivity index (χ1n) is 9.59. The summed E-state index contributed by atoms with van der Waals surface area (Å²) in [6.07, 6.45) is 7.12. The number of hydrogen-bond donors (Lipinski definition) is 1. The van der Waals surface area contributed by atoms with Crippen LogP contribution >= 0.6 is 0 Å². The van der Waals surface area contributed by atoms with Gasteiger partial charge in [0.15, 0.2) is 0 Å². The Bertz CT molecular complexity index is 876. The minimum absolute atomic E-state index is 0.0431. The Morgan fingerprint density at radius 1 is 1.29 bits per heavy atom. The number of allylic oxidation sites excluding steroid dienone is 6. The Morgan fingerprint density at radius 3 is 2.79 bits per heavy atom. The van der Waals surface area contributed by atoms with Gasteiger partial charge in [-0.15, -0.1) is 0 Å². The highest BCUT2D eigenvalue weighted by molar-refractivity contribution is 5.71. The standard InChI is InChI=1S/C21H24F3N3O/c1-26-18-13-27(12-15-4-2-3-5-19(15)28)11-10-17(18)25-20(26)14-6-8-16(9-7-14)21(22,23)24/h2-4,6-8,16,19,28H,5,9-13H2,1H3. The lowest BCUT2D eigenvalue weighted by Gasteiger charge is -2.29. The summed E-state index contributed by atoms with van der Waals surface area (Å²) in [5, 5.41) is 10.1. The van der Waals surface area contributed by atoms with Crippen molar-refractivity contribution in [1.82, 2.24) is 14.5 Å². The van der Waals surface area contributed by atoms with Crippen LogP contribution in [0.5, 0.6) is 0 Å². The lowest BCUT2D eigenvalue weighted by molar-refractivity contribution is -0.160. The highest BCUT2D eigenvalue weighted by Crippen LogP contribution is 2.35. The minimum Gasteiger partial charge on any atom is -0.388 e. The lowest BCUT2D eigenvalue weighted by Crippen LogP contribution is -2.35. The van der Waals surface area contributed by atoms with Crippen molar-refractivity contribution in [2.24, 2.45) is 13.0 Å². The third-order valence-corrected chi connectivity index (χ3v) is 5.75. The topological polar surface area (TPSA) is 41.3 Å². The first-order valence-corrected chi connectivity index (χ1v) is 9.59. The fraction of sp³-hybridized carbons (Fsp3) is 0.476. The maximum atomic E-state index is 12.9. The molecule has 0 amide bonds. The van der Waals surface area contributed by atoms with Crippen molar-refractivity contribution in [3.8, 4) is 0 Å². The molecule has 0 saturated carbocycles. The lowest BCUT2D eigenvalue weighted by atomic mass is 9.96. The van der Waals surface area contributed by atoms with Gasteiger partial charge in [0, 0.05) is 38.7 Å². The quantitative estimate of drug-likeness (QED) is 0.857. The van der Waals surface area contributed by atoms with E-state index in [4.69, 9.17) is 4.98 Å². The number of rotatable bonds is 3. The molecule has 0 saturated heterocycles. The van der Waals surface area contributed by atoms with E-state index < -0.39 is 18.2 Å². The molecule has 1 aromatic heterocycles. The summed E-state index contributed by atoms with van der Waals surface area (Å²) < 4.78 is 40.6. The van der Waals surface area contributed by atoms with Crippen LogP contribution in [0.2, 0.25) is 0 Å². The van der Waals surface area contributed by atoms with Crippen LogP contribution in [0, 0.1) is 5.92 Å². The average molecular weight is 391 g/mol. The maximum absolute atomic E-state index is 12.9.